The van der Waals surface area contributed by atoms with Crippen molar-refractivity contribution in [2.75, 3.05) is 27.3 Å². The summed E-state index contributed by atoms with van der Waals surface area (Å²) in [5, 5.41) is 39.3. The molecule has 0 amide bonds. The van der Waals surface area contributed by atoms with Crippen LogP contribution in [0.25, 0.3) is 5.52 Å². The molecule has 0 saturated carbocycles. The van der Waals surface area contributed by atoms with E-state index in [-0.39, 0.29) is 24.0 Å². The predicted octanol–water partition coefficient (Wildman–Crippen LogP) is 2.95. The molecule has 3 aromatic rings. The van der Waals surface area contributed by atoms with Gasteiger partial charge in [-0.05, 0) is 37.1 Å². The number of esters is 1. The third kappa shape index (κ3) is 7.72. The second-order valence-electron chi connectivity index (χ2n) is 11.1. The van der Waals surface area contributed by atoms with E-state index in [2.05, 4.69) is 20.2 Å². The van der Waals surface area contributed by atoms with Gasteiger partial charge in [0, 0.05) is 14.1 Å². The molecule has 16 heteroatoms. The van der Waals surface area contributed by atoms with Gasteiger partial charge in [-0.3, -0.25) is 9.32 Å². The van der Waals surface area contributed by atoms with Crippen LogP contribution in [0, 0.1) is 17.2 Å². The number of aliphatic imine (C=N–C) groups is 1. The molecule has 1 aliphatic heterocycles. The van der Waals surface area contributed by atoms with E-state index >= 15 is 0 Å². The van der Waals surface area contributed by atoms with Crippen LogP contribution in [0.1, 0.15) is 39.3 Å². The van der Waals surface area contributed by atoms with Gasteiger partial charge in [0.1, 0.15) is 48.0 Å². The molecule has 0 radical (unpaired) electrons. The van der Waals surface area contributed by atoms with E-state index in [1.165, 1.54) is 23.8 Å². The van der Waals surface area contributed by atoms with Crippen LogP contribution in [0.5, 0.6) is 5.75 Å². The van der Waals surface area contributed by atoms with E-state index in [9.17, 15) is 24.8 Å². The van der Waals surface area contributed by atoms with E-state index < -0.39 is 50.3 Å². The molecule has 1 saturated heterocycles. The Labute approximate surface area is 267 Å². The van der Waals surface area contributed by atoms with Crippen molar-refractivity contribution in [3.05, 3.63) is 54.5 Å². The van der Waals surface area contributed by atoms with Gasteiger partial charge in [-0.25, -0.2) is 19.1 Å². The van der Waals surface area contributed by atoms with Crippen LogP contribution in [0.4, 0.5) is 5.82 Å². The van der Waals surface area contributed by atoms with Gasteiger partial charge in [0.15, 0.2) is 5.82 Å². The number of hydrogen-bond donors (Lipinski definition) is 3. The minimum atomic E-state index is -4.34. The monoisotopic (exact) mass is 657 g/mol. The molecule has 0 unspecified atom stereocenters. The molecule has 3 N–H and O–H groups in total. The van der Waals surface area contributed by atoms with Crippen LogP contribution in [-0.2, 0) is 29.0 Å². The molecule has 0 aliphatic carbocycles. The Balaban J connectivity index is 1.56. The lowest BCUT2D eigenvalue weighted by Gasteiger charge is -2.25. The molecule has 248 valence electrons. The van der Waals surface area contributed by atoms with Crippen molar-refractivity contribution in [1.29, 1.82) is 5.26 Å². The number of fused-ring (bicyclic) bond motifs is 1. The summed E-state index contributed by atoms with van der Waals surface area (Å²) in [6.45, 7) is 5.08. The van der Waals surface area contributed by atoms with Crippen molar-refractivity contribution >= 4 is 31.4 Å². The summed E-state index contributed by atoms with van der Waals surface area (Å²) in [6.07, 6.45) is -0.296. The molecular formula is C30H40N7O8P. The molecule has 3 heterocycles. The second kappa shape index (κ2) is 15.1. The number of aliphatic hydroxyl groups is 2. The number of carbonyl (C=O) groups excluding carboxylic acids is 1. The van der Waals surface area contributed by atoms with Crippen molar-refractivity contribution in [3.63, 3.8) is 0 Å². The number of ether oxygens (including phenoxy) is 2. The highest BCUT2D eigenvalue weighted by molar-refractivity contribution is 7.52. The molecule has 1 aliphatic rings. The zero-order chi connectivity index (χ0) is 33.5. The first-order chi connectivity index (χ1) is 22.0. The van der Waals surface area contributed by atoms with Gasteiger partial charge in [-0.2, -0.15) is 15.4 Å². The molecular weight excluding hydrogens is 617 g/mol. The van der Waals surface area contributed by atoms with Crippen molar-refractivity contribution in [2.24, 2.45) is 10.9 Å². The fraction of sp³-hybridized carbons (Fsp3) is 0.500. The second-order valence-corrected chi connectivity index (χ2v) is 12.8. The lowest BCUT2D eigenvalue weighted by Crippen LogP contribution is -2.41. The summed E-state index contributed by atoms with van der Waals surface area (Å²) >= 11 is 0. The van der Waals surface area contributed by atoms with Crippen LogP contribution < -0.4 is 9.61 Å². The zero-order valence-electron chi connectivity index (χ0n) is 26.4. The summed E-state index contributed by atoms with van der Waals surface area (Å²) in [4.78, 5) is 23.0. The van der Waals surface area contributed by atoms with E-state index in [1.807, 2.05) is 19.9 Å². The average molecular weight is 658 g/mol. The van der Waals surface area contributed by atoms with Gasteiger partial charge in [0.2, 0.25) is 5.60 Å². The molecule has 6 atom stereocenters. The van der Waals surface area contributed by atoms with Crippen LogP contribution in [0.15, 0.2) is 53.8 Å². The normalized spacial score (nSPS) is 23.3. The number of aliphatic hydroxyl groups excluding tert-OH is 2. The van der Waals surface area contributed by atoms with Crippen molar-refractivity contribution in [1.82, 2.24) is 24.6 Å². The highest BCUT2D eigenvalue weighted by Gasteiger charge is 2.58. The number of rotatable bonds is 15. The maximum Gasteiger partial charge on any atom is 0.459 e. The number of benzene rings is 1. The predicted molar refractivity (Wildman–Crippen MR) is 167 cm³/mol. The molecule has 1 fully saturated rings. The molecule has 0 spiro atoms. The Bertz CT molecular complexity index is 1590. The van der Waals surface area contributed by atoms with Gasteiger partial charge >= 0.3 is 13.7 Å². The number of aromatic nitrogens is 3. The third-order valence-electron chi connectivity index (χ3n) is 7.55. The highest BCUT2D eigenvalue weighted by Crippen LogP contribution is 2.47. The Morgan fingerprint density at radius 1 is 1.26 bits per heavy atom. The molecule has 4 rings (SSSR count). The van der Waals surface area contributed by atoms with Crippen LogP contribution in [0.2, 0.25) is 0 Å². The minimum Gasteiger partial charge on any atom is -0.464 e. The van der Waals surface area contributed by atoms with E-state index in [1.54, 1.807) is 61.7 Å². The minimum absolute atomic E-state index is 0.110. The largest absolute Gasteiger partial charge is 0.464 e. The fourth-order valence-electron chi connectivity index (χ4n) is 4.81. The Morgan fingerprint density at radius 2 is 1.98 bits per heavy atom. The number of nitrogens with zero attached hydrogens (tertiary/aromatic N) is 6. The van der Waals surface area contributed by atoms with Crippen LogP contribution in [-0.4, -0.2) is 93.7 Å². The third-order valence-corrected chi connectivity index (χ3v) is 9.19. The van der Waals surface area contributed by atoms with E-state index in [4.69, 9.17) is 18.5 Å². The smallest absolute Gasteiger partial charge is 0.459 e. The van der Waals surface area contributed by atoms with Crippen LogP contribution >= 0.6 is 7.75 Å². The van der Waals surface area contributed by atoms with E-state index in [0.29, 0.717) is 11.3 Å². The van der Waals surface area contributed by atoms with Gasteiger partial charge < -0.3 is 29.1 Å². The average Bonchev–Trinajstić information content (AvgIpc) is 3.59. The molecule has 2 aromatic heterocycles. The molecule has 0 bridgehead atoms. The number of hydrogen-bond acceptors (Lipinski definition) is 12. The molecule has 1 aromatic carbocycles. The topological polar surface area (TPSA) is 193 Å². The number of nitrogens with one attached hydrogen (secondary N) is 1. The van der Waals surface area contributed by atoms with Crippen molar-refractivity contribution in [3.8, 4) is 11.8 Å². The van der Waals surface area contributed by atoms with Gasteiger partial charge in [-0.15, -0.1) is 0 Å². The maximum atomic E-state index is 14.0. The lowest BCUT2D eigenvalue weighted by atomic mass is 9.92. The van der Waals surface area contributed by atoms with E-state index in [0.717, 1.165) is 12.8 Å². The van der Waals surface area contributed by atoms with Gasteiger partial charge in [-0.1, -0.05) is 44.9 Å². The number of nitriles is 1. The van der Waals surface area contributed by atoms with Gasteiger partial charge in [0.25, 0.3) is 0 Å². The number of para-hydroxylation sites is 1. The summed E-state index contributed by atoms with van der Waals surface area (Å²) in [5.74, 6) is 0.0184. The Kier molecular flexibility index (Phi) is 11.5. The lowest BCUT2D eigenvalue weighted by molar-refractivity contribution is -0.146. The zero-order valence-corrected chi connectivity index (χ0v) is 27.3. The highest BCUT2D eigenvalue weighted by atomic mass is 31.2. The van der Waals surface area contributed by atoms with Crippen molar-refractivity contribution in [2.45, 2.75) is 63.6 Å². The first kappa shape index (κ1) is 35.0. The fourth-order valence-corrected chi connectivity index (χ4v) is 6.31. The summed E-state index contributed by atoms with van der Waals surface area (Å²) in [6, 6.07) is 12.2. The first-order valence-corrected chi connectivity index (χ1v) is 16.4. The first-order valence-electron chi connectivity index (χ1n) is 14.9. The SMILES string of the molecule is CCC(CC)COC(=O)[C@H](C)N[P@](=O)(OC[C@H]1O[C@@](C#N)(c2ccc3c(N=CN(C)C)ncnn23)[C@H](O)[C@@H]1O)Oc1ccccc1. The summed E-state index contributed by atoms with van der Waals surface area (Å²) in [5.41, 5.74) is -1.57. The maximum absolute atomic E-state index is 14.0. The standard InChI is InChI=1S/C30H40N7O8P/c1-6-21(7-2)15-42-29(40)20(3)35-46(41,45-22-11-9-8-10-12-22)43-16-24-26(38)27(39)30(17-31,44-24)25-14-13-23-28(33-19-36(4)5)32-18-34-37(23)25/h8-14,18-21,24,26-27,38-39H,6-7,15-16H2,1-5H3,(H,35,41)/t20-,24+,26+,27+,30-,46-/m0/s1. The summed E-state index contributed by atoms with van der Waals surface area (Å²) in [7, 11) is -0.746. The van der Waals surface area contributed by atoms with Crippen molar-refractivity contribution < 1.29 is 38.1 Å². The van der Waals surface area contributed by atoms with Crippen LogP contribution in [0.3, 0.4) is 0 Å². The quantitative estimate of drug-likeness (QED) is 0.0936. The number of carbonyl (C=O) groups is 1. The molecule has 46 heavy (non-hydrogen) atoms. The van der Waals surface area contributed by atoms with Gasteiger partial charge in [0.05, 0.1) is 25.2 Å². The Hall–Kier alpha value is -3.90. The Morgan fingerprint density at radius 3 is 2.63 bits per heavy atom. The molecule has 15 nitrogen and oxygen atoms in total. The summed E-state index contributed by atoms with van der Waals surface area (Å²) < 4.78 is 38.1.